The van der Waals surface area contributed by atoms with Gasteiger partial charge in [0.25, 0.3) is 0 Å². The monoisotopic (exact) mass is 241 g/mol. The molecule has 1 aromatic rings. The molecule has 0 aromatic heterocycles. The smallest absolute Gasteiger partial charge is 0.310 e. The van der Waals surface area contributed by atoms with E-state index >= 15 is 0 Å². The normalized spacial score (nSPS) is 10.2. The first-order chi connectivity index (χ1) is 8.19. The van der Waals surface area contributed by atoms with E-state index in [0.29, 0.717) is 25.2 Å². The number of aliphatic hydroxyl groups excluding tert-OH is 1. The van der Waals surface area contributed by atoms with E-state index in [0.717, 1.165) is 0 Å². The molecule has 0 radical (unpaired) electrons. The van der Waals surface area contributed by atoms with Crippen LogP contribution < -0.4 is 4.74 Å². The van der Waals surface area contributed by atoms with E-state index in [-0.39, 0.29) is 18.0 Å². The molecule has 0 amide bonds. The standard InChI is InChI=1S/C11H15NO5/c1-16-5-2-6-17-11-7-9(8-13)3-4-10(11)12(14)15/h3-4,7,13H,2,5-6,8H2,1H3. The molecule has 0 aliphatic carbocycles. The summed E-state index contributed by atoms with van der Waals surface area (Å²) >= 11 is 0. The summed E-state index contributed by atoms with van der Waals surface area (Å²) in [4.78, 5) is 10.2. The molecule has 6 heteroatoms. The van der Waals surface area contributed by atoms with Crippen molar-refractivity contribution in [2.45, 2.75) is 13.0 Å². The Kier molecular flexibility index (Phi) is 5.38. The molecule has 0 aliphatic rings. The summed E-state index contributed by atoms with van der Waals surface area (Å²) in [6.45, 7) is 0.698. The third-order valence-corrected chi connectivity index (χ3v) is 2.15. The number of hydrogen-bond acceptors (Lipinski definition) is 5. The maximum Gasteiger partial charge on any atom is 0.310 e. The first-order valence-corrected chi connectivity index (χ1v) is 5.19. The van der Waals surface area contributed by atoms with Gasteiger partial charge in [-0.05, 0) is 17.7 Å². The van der Waals surface area contributed by atoms with Crippen molar-refractivity contribution >= 4 is 5.69 Å². The van der Waals surface area contributed by atoms with Crippen molar-refractivity contribution in [1.29, 1.82) is 0 Å². The molecule has 0 saturated carbocycles. The summed E-state index contributed by atoms with van der Waals surface area (Å²) in [7, 11) is 1.58. The van der Waals surface area contributed by atoms with E-state index in [1.165, 1.54) is 18.2 Å². The summed E-state index contributed by atoms with van der Waals surface area (Å²) in [6.07, 6.45) is 0.650. The highest BCUT2D eigenvalue weighted by molar-refractivity contribution is 5.48. The van der Waals surface area contributed by atoms with Crippen LogP contribution >= 0.6 is 0 Å². The number of nitrogens with zero attached hydrogens (tertiary/aromatic N) is 1. The highest BCUT2D eigenvalue weighted by Gasteiger charge is 2.15. The van der Waals surface area contributed by atoms with E-state index in [2.05, 4.69) is 0 Å². The Bertz CT molecular complexity index is 380. The van der Waals surface area contributed by atoms with Crippen molar-refractivity contribution in [2.75, 3.05) is 20.3 Å². The average molecular weight is 241 g/mol. The van der Waals surface area contributed by atoms with E-state index in [9.17, 15) is 10.1 Å². The molecule has 0 aliphatic heterocycles. The van der Waals surface area contributed by atoms with Crippen molar-refractivity contribution in [2.24, 2.45) is 0 Å². The quantitative estimate of drug-likeness (QED) is 0.444. The highest BCUT2D eigenvalue weighted by atomic mass is 16.6. The molecule has 0 heterocycles. The lowest BCUT2D eigenvalue weighted by Crippen LogP contribution is -2.04. The minimum absolute atomic E-state index is 0.0976. The molecule has 0 fully saturated rings. The largest absolute Gasteiger partial charge is 0.487 e. The minimum atomic E-state index is -0.507. The number of nitro groups is 1. The van der Waals surface area contributed by atoms with Crippen LogP contribution in [0.15, 0.2) is 18.2 Å². The number of benzene rings is 1. The summed E-state index contributed by atoms with van der Waals surface area (Å²) in [5.41, 5.74) is 0.483. The highest BCUT2D eigenvalue weighted by Crippen LogP contribution is 2.28. The molecule has 17 heavy (non-hydrogen) atoms. The van der Waals surface area contributed by atoms with Crippen LogP contribution in [0.3, 0.4) is 0 Å². The van der Waals surface area contributed by atoms with Gasteiger partial charge in [-0.3, -0.25) is 10.1 Å². The second-order valence-corrected chi connectivity index (χ2v) is 3.41. The van der Waals surface area contributed by atoms with Gasteiger partial charge in [0.2, 0.25) is 0 Å². The molecule has 1 aromatic carbocycles. The lowest BCUT2D eigenvalue weighted by atomic mass is 10.2. The van der Waals surface area contributed by atoms with Gasteiger partial charge in [-0.25, -0.2) is 0 Å². The predicted octanol–water partition coefficient (Wildman–Crippen LogP) is 1.50. The fraction of sp³-hybridized carbons (Fsp3) is 0.455. The van der Waals surface area contributed by atoms with Crippen LogP contribution in [0, 0.1) is 10.1 Å². The van der Waals surface area contributed by atoms with Gasteiger partial charge in [0, 0.05) is 26.2 Å². The topological polar surface area (TPSA) is 81.8 Å². The van der Waals surface area contributed by atoms with Crippen LogP contribution in [-0.2, 0) is 11.3 Å². The Labute approximate surface area is 98.9 Å². The van der Waals surface area contributed by atoms with E-state index in [4.69, 9.17) is 14.6 Å². The van der Waals surface area contributed by atoms with Crippen LogP contribution in [0.1, 0.15) is 12.0 Å². The molecule has 0 unspecified atom stereocenters. The van der Waals surface area contributed by atoms with Crippen molar-refractivity contribution in [3.63, 3.8) is 0 Å². The van der Waals surface area contributed by atoms with Crippen LogP contribution in [-0.4, -0.2) is 30.4 Å². The molecule has 0 saturated heterocycles. The molecule has 6 nitrogen and oxygen atoms in total. The Morgan fingerprint density at radius 1 is 1.41 bits per heavy atom. The summed E-state index contributed by atoms with van der Waals surface area (Å²) in [5, 5.41) is 19.7. The summed E-state index contributed by atoms with van der Waals surface area (Å²) < 4.78 is 10.2. The molecule has 1 N–H and O–H groups in total. The van der Waals surface area contributed by atoms with E-state index in [1.807, 2.05) is 0 Å². The zero-order valence-corrected chi connectivity index (χ0v) is 9.59. The number of rotatable bonds is 7. The van der Waals surface area contributed by atoms with Gasteiger partial charge in [0.15, 0.2) is 5.75 Å². The fourth-order valence-electron chi connectivity index (χ4n) is 1.31. The minimum Gasteiger partial charge on any atom is -0.487 e. The number of nitro benzene ring substituents is 1. The predicted molar refractivity (Wildman–Crippen MR) is 61.0 cm³/mol. The first kappa shape index (κ1) is 13.4. The zero-order chi connectivity index (χ0) is 12.7. The molecular weight excluding hydrogens is 226 g/mol. The van der Waals surface area contributed by atoms with Crippen LogP contribution in [0.4, 0.5) is 5.69 Å². The maximum atomic E-state index is 10.7. The number of methoxy groups -OCH3 is 1. The second-order valence-electron chi connectivity index (χ2n) is 3.41. The van der Waals surface area contributed by atoms with Gasteiger partial charge in [-0.15, -0.1) is 0 Å². The third kappa shape index (κ3) is 4.01. The first-order valence-electron chi connectivity index (χ1n) is 5.19. The van der Waals surface area contributed by atoms with Crippen molar-refractivity contribution in [3.8, 4) is 5.75 Å². The Balaban J connectivity index is 2.75. The van der Waals surface area contributed by atoms with Gasteiger partial charge in [-0.2, -0.15) is 0 Å². The number of ether oxygens (including phenoxy) is 2. The van der Waals surface area contributed by atoms with Crippen LogP contribution in [0.25, 0.3) is 0 Å². The van der Waals surface area contributed by atoms with Gasteiger partial charge in [-0.1, -0.05) is 0 Å². The zero-order valence-electron chi connectivity index (χ0n) is 9.59. The van der Waals surface area contributed by atoms with Crippen LogP contribution in [0.5, 0.6) is 5.75 Å². The molecular formula is C11H15NO5. The summed E-state index contributed by atoms with van der Waals surface area (Å²) in [5.74, 6) is 0.178. The van der Waals surface area contributed by atoms with E-state index in [1.54, 1.807) is 7.11 Å². The van der Waals surface area contributed by atoms with Gasteiger partial charge in [0.05, 0.1) is 18.1 Å². The van der Waals surface area contributed by atoms with Crippen molar-refractivity contribution in [1.82, 2.24) is 0 Å². The number of hydrogen-bond donors (Lipinski definition) is 1. The van der Waals surface area contributed by atoms with E-state index < -0.39 is 4.92 Å². The second kappa shape index (κ2) is 6.82. The van der Waals surface area contributed by atoms with Crippen molar-refractivity contribution in [3.05, 3.63) is 33.9 Å². The fourth-order valence-corrected chi connectivity index (χ4v) is 1.31. The third-order valence-electron chi connectivity index (χ3n) is 2.15. The van der Waals surface area contributed by atoms with Gasteiger partial charge >= 0.3 is 5.69 Å². The number of aliphatic hydroxyl groups is 1. The Hall–Kier alpha value is -1.66. The SMILES string of the molecule is COCCCOc1cc(CO)ccc1[N+](=O)[O-]. The average Bonchev–Trinajstić information content (AvgIpc) is 2.34. The molecule has 1 rings (SSSR count). The lowest BCUT2D eigenvalue weighted by Gasteiger charge is -2.07. The summed E-state index contributed by atoms with van der Waals surface area (Å²) in [6, 6.07) is 4.31. The van der Waals surface area contributed by atoms with Gasteiger partial charge < -0.3 is 14.6 Å². The molecule has 0 atom stereocenters. The lowest BCUT2D eigenvalue weighted by molar-refractivity contribution is -0.385. The molecule has 94 valence electrons. The molecule has 0 bridgehead atoms. The van der Waals surface area contributed by atoms with Gasteiger partial charge in [0.1, 0.15) is 0 Å². The van der Waals surface area contributed by atoms with Crippen LogP contribution in [0.2, 0.25) is 0 Å². The van der Waals surface area contributed by atoms with Crippen molar-refractivity contribution < 1.29 is 19.5 Å². The maximum absolute atomic E-state index is 10.7. The molecule has 0 spiro atoms. The Morgan fingerprint density at radius 3 is 2.76 bits per heavy atom. The Morgan fingerprint density at radius 2 is 2.18 bits per heavy atom.